The number of aliphatic hydroxyl groups is 1. The molecule has 1 aliphatic heterocycles. The third-order valence-electron chi connectivity index (χ3n) is 4.11. The molecule has 4 nitrogen and oxygen atoms in total. The predicted molar refractivity (Wildman–Crippen MR) is 84.7 cm³/mol. The van der Waals surface area contributed by atoms with Crippen molar-refractivity contribution in [1.82, 2.24) is 9.78 Å². The maximum atomic E-state index is 10.6. The van der Waals surface area contributed by atoms with Crippen molar-refractivity contribution in [3.05, 3.63) is 45.7 Å². The van der Waals surface area contributed by atoms with E-state index in [1.54, 1.807) is 0 Å². The Morgan fingerprint density at radius 1 is 1.48 bits per heavy atom. The van der Waals surface area contributed by atoms with Crippen LogP contribution in [0, 0.1) is 0 Å². The minimum Gasteiger partial charge on any atom is -0.493 e. The molecule has 0 aliphatic carbocycles. The largest absolute Gasteiger partial charge is 0.493 e. The zero-order valence-electron chi connectivity index (χ0n) is 12.2. The number of hydrogen-bond donors (Lipinski definition) is 1. The summed E-state index contributed by atoms with van der Waals surface area (Å²) in [4.78, 5) is 0. The highest BCUT2D eigenvalue weighted by Crippen LogP contribution is 2.37. The number of ether oxygens (including phenoxy) is 1. The second kappa shape index (κ2) is 5.81. The van der Waals surface area contributed by atoms with E-state index in [1.165, 1.54) is 0 Å². The lowest BCUT2D eigenvalue weighted by molar-refractivity contribution is 0.127. The van der Waals surface area contributed by atoms with Gasteiger partial charge in [0.2, 0.25) is 0 Å². The molecule has 112 valence electrons. The molecule has 2 atom stereocenters. The summed E-state index contributed by atoms with van der Waals surface area (Å²) < 4.78 is 8.53. The van der Waals surface area contributed by atoms with Crippen molar-refractivity contribution in [3.8, 4) is 5.75 Å². The molecular formula is C16H19BrN2O2. The van der Waals surface area contributed by atoms with Crippen LogP contribution in [-0.2, 0) is 19.9 Å². The van der Waals surface area contributed by atoms with Gasteiger partial charge in [-0.15, -0.1) is 0 Å². The van der Waals surface area contributed by atoms with Gasteiger partial charge in [0.25, 0.3) is 0 Å². The predicted octanol–water partition coefficient (Wildman–Crippen LogP) is 2.82. The van der Waals surface area contributed by atoms with Crippen LogP contribution in [0.3, 0.4) is 0 Å². The second-order valence-electron chi connectivity index (χ2n) is 5.41. The van der Waals surface area contributed by atoms with Gasteiger partial charge in [-0.2, -0.15) is 5.10 Å². The summed E-state index contributed by atoms with van der Waals surface area (Å²) in [5, 5.41) is 15.1. The summed E-state index contributed by atoms with van der Waals surface area (Å²) in [6.07, 6.45) is 0.955. The van der Waals surface area contributed by atoms with Gasteiger partial charge in [0.1, 0.15) is 5.75 Å². The van der Waals surface area contributed by atoms with Crippen LogP contribution in [-0.4, -0.2) is 27.6 Å². The van der Waals surface area contributed by atoms with Crippen molar-refractivity contribution in [1.29, 1.82) is 0 Å². The number of halogens is 1. The summed E-state index contributed by atoms with van der Waals surface area (Å²) >= 11 is 3.61. The SMILES string of the molecule is CCc1nn(C)c(CC(O)C2COc3ccccc32)c1Br. The molecule has 0 bridgehead atoms. The molecule has 0 saturated heterocycles. The Morgan fingerprint density at radius 2 is 2.24 bits per heavy atom. The molecule has 0 spiro atoms. The molecule has 2 aromatic rings. The first-order valence-corrected chi connectivity index (χ1v) is 8.01. The van der Waals surface area contributed by atoms with Crippen LogP contribution in [0.25, 0.3) is 0 Å². The maximum Gasteiger partial charge on any atom is 0.123 e. The van der Waals surface area contributed by atoms with Gasteiger partial charge in [-0.3, -0.25) is 4.68 Å². The summed E-state index contributed by atoms with van der Waals surface area (Å²) in [6, 6.07) is 7.93. The van der Waals surface area contributed by atoms with Crippen molar-refractivity contribution in [2.75, 3.05) is 6.61 Å². The van der Waals surface area contributed by atoms with Crippen LogP contribution in [0.1, 0.15) is 29.8 Å². The number of nitrogens with zero attached hydrogens (tertiary/aromatic N) is 2. The Labute approximate surface area is 132 Å². The molecule has 5 heteroatoms. The van der Waals surface area contributed by atoms with E-state index in [0.29, 0.717) is 13.0 Å². The molecule has 0 amide bonds. The van der Waals surface area contributed by atoms with Crippen molar-refractivity contribution in [2.45, 2.75) is 31.8 Å². The van der Waals surface area contributed by atoms with Gasteiger partial charge in [0, 0.05) is 24.9 Å². The van der Waals surface area contributed by atoms with E-state index in [0.717, 1.165) is 33.6 Å². The molecule has 1 aliphatic rings. The lowest BCUT2D eigenvalue weighted by Crippen LogP contribution is -2.23. The van der Waals surface area contributed by atoms with Gasteiger partial charge in [-0.1, -0.05) is 25.1 Å². The fraction of sp³-hybridized carbons (Fsp3) is 0.438. The number of para-hydroxylation sites is 1. The highest BCUT2D eigenvalue weighted by atomic mass is 79.9. The molecule has 1 aromatic carbocycles. The molecule has 0 saturated carbocycles. The Kier molecular flexibility index (Phi) is 4.04. The zero-order chi connectivity index (χ0) is 15.0. The van der Waals surface area contributed by atoms with Crippen molar-refractivity contribution >= 4 is 15.9 Å². The second-order valence-corrected chi connectivity index (χ2v) is 6.20. The number of aromatic nitrogens is 2. The minimum absolute atomic E-state index is 0.0214. The van der Waals surface area contributed by atoms with Crippen molar-refractivity contribution in [2.24, 2.45) is 7.05 Å². The van der Waals surface area contributed by atoms with Gasteiger partial charge in [-0.25, -0.2) is 0 Å². The molecular weight excluding hydrogens is 332 g/mol. The van der Waals surface area contributed by atoms with E-state index < -0.39 is 6.10 Å². The Morgan fingerprint density at radius 3 is 2.95 bits per heavy atom. The van der Waals surface area contributed by atoms with Gasteiger partial charge in [-0.05, 0) is 28.4 Å². The van der Waals surface area contributed by atoms with E-state index in [4.69, 9.17) is 4.74 Å². The van der Waals surface area contributed by atoms with Gasteiger partial charge in [0.05, 0.1) is 28.6 Å². The van der Waals surface area contributed by atoms with Crippen LogP contribution >= 0.6 is 15.9 Å². The minimum atomic E-state index is -0.481. The topological polar surface area (TPSA) is 47.3 Å². The standard InChI is InChI=1S/C16H19BrN2O2/c1-3-12-16(17)13(19(2)18-12)8-14(20)11-9-21-15-7-5-4-6-10(11)15/h4-7,11,14,20H,3,8-9H2,1-2H3. The lowest BCUT2D eigenvalue weighted by atomic mass is 9.92. The fourth-order valence-electron chi connectivity index (χ4n) is 2.89. The van der Waals surface area contributed by atoms with Crippen LogP contribution in [0.4, 0.5) is 0 Å². The average Bonchev–Trinajstić information content (AvgIpc) is 3.03. The molecule has 2 unspecified atom stereocenters. The molecule has 3 rings (SSSR count). The van der Waals surface area contributed by atoms with Crippen molar-refractivity contribution < 1.29 is 9.84 Å². The van der Waals surface area contributed by atoms with Crippen molar-refractivity contribution in [3.63, 3.8) is 0 Å². The highest BCUT2D eigenvalue weighted by molar-refractivity contribution is 9.10. The zero-order valence-corrected chi connectivity index (χ0v) is 13.8. The Hall–Kier alpha value is -1.33. The summed E-state index contributed by atoms with van der Waals surface area (Å²) in [6.45, 7) is 2.62. The third-order valence-corrected chi connectivity index (χ3v) is 5.02. The Bertz CT molecular complexity index is 654. The lowest BCUT2D eigenvalue weighted by Gasteiger charge is -2.17. The van der Waals surface area contributed by atoms with Crippen LogP contribution in [0.15, 0.2) is 28.7 Å². The molecule has 1 aromatic heterocycles. The van der Waals surface area contributed by atoms with Gasteiger partial charge in [0.15, 0.2) is 0 Å². The number of aryl methyl sites for hydroxylation is 2. The summed E-state index contributed by atoms with van der Waals surface area (Å²) in [5.74, 6) is 0.910. The van der Waals surface area contributed by atoms with E-state index in [-0.39, 0.29) is 5.92 Å². The van der Waals surface area contributed by atoms with E-state index in [9.17, 15) is 5.11 Å². The van der Waals surface area contributed by atoms with Crippen LogP contribution in [0.5, 0.6) is 5.75 Å². The number of aliphatic hydroxyl groups excluding tert-OH is 1. The molecule has 1 N–H and O–H groups in total. The van der Waals surface area contributed by atoms with Crippen LogP contribution < -0.4 is 4.74 Å². The normalized spacial score (nSPS) is 18.4. The number of hydrogen-bond acceptors (Lipinski definition) is 3. The maximum absolute atomic E-state index is 10.6. The summed E-state index contributed by atoms with van der Waals surface area (Å²) in [7, 11) is 1.92. The highest BCUT2D eigenvalue weighted by Gasteiger charge is 2.31. The average molecular weight is 351 g/mol. The quantitative estimate of drug-likeness (QED) is 0.922. The first kappa shape index (κ1) is 14.6. The van der Waals surface area contributed by atoms with E-state index in [1.807, 2.05) is 36.0 Å². The first-order chi connectivity index (χ1) is 10.1. The number of benzene rings is 1. The monoisotopic (exact) mass is 350 g/mol. The number of fused-ring (bicyclic) bond motifs is 1. The molecule has 0 fully saturated rings. The third kappa shape index (κ3) is 2.60. The molecule has 2 heterocycles. The fourth-order valence-corrected chi connectivity index (χ4v) is 3.67. The summed E-state index contributed by atoms with van der Waals surface area (Å²) in [5.41, 5.74) is 3.16. The van der Waals surface area contributed by atoms with Crippen LogP contribution in [0.2, 0.25) is 0 Å². The van der Waals surface area contributed by atoms with Gasteiger partial charge < -0.3 is 9.84 Å². The molecule has 0 radical (unpaired) electrons. The van der Waals surface area contributed by atoms with E-state index in [2.05, 4.69) is 28.0 Å². The smallest absolute Gasteiger partial charge is 0.123 e. The van der Waals surface area contributed by atoms with E-state index >= 15 is 0 Å². The first-order valence-electron chi connectivity index (χ1n) is 7.21. The van der Waals surface area contributed by atoms with Gasteiger partial charge >= 0.3 is 0 Å². The number of rotatable bonds is 4. The molecule has 21 heavy (non-hydrogen) atoms. The Balaban J connectivity index is 1.82.